The number of ether oxygens (including phenoxy) is 1. The van der Waals surface area contributed by atoms with Gasteiger partial charge in [-0.05, 0) is 36.8 Å². The van der Waals surface area contributed by atoms with E-state index in [0.717, 1.165) is 5.56 Å². The first kappa shape index (κ1) is 10.7. The Labute approximate surface area is 104 Å². The van der Waals surface area contributed by atoms with E-state index in [2.05, 4.69) is 5.32 Å². The fourth-order valence-electron chi connectivity index (χ4n) is 2.01. The molecule has 0 saturated carbocycles. The van der Waals surface area contributed by atoms with E-state index in [9.17, 15) is 4.79 Å². The van der Waals surface area contributed by atoms with Crippen LogP contribution in [0.5, 0.6) is 11.5 Å². The lowest BCUT2D eigenvalue weighted by atomic mass is 10.1. The molecule has 4 nitrogen and oxygen atoms in total. The van der Waals surface area contributed by atoms with Crippen LogP contribution in [0.2, 0.25) is 0 Å². The lowest BCUT2D eigenvalue weighted by Gasteiger charge is -2.08. The number of anilines is 2. The van der Waals surface area contributed by atoms with Crippen molar-refractivity contribution < 1.29 is 9.53 Å². The number of aryl methyl sites for hydroxylation is 1. The van der Waals surface area contributed by atoms with Crippen molar-refractivity contribution in [1.82, 2.24) is 0 Å². The summed E-state index contributed by atoms with van der Waals surface area (Å²) in [6, 6.07) is 10.8. The van der Waals surface area contributed by atoms with E-state index in [1.54, 1.807) is 18.2 Å². The molecule has 0 spiro atoms. The standard InChI is InChI=1S/C14H12N2O2/c1-8-5-6-11-10(7-8)16-14(17)13-9(15)3-2-4-12(13)18-11/h2-7H,15H2,1H3,(H,16,17). The van der Waals surface area contributed by atoms with Crippen LogP contribution in [0, 0.1) is 6.92 Å². The van der Waals surface area contributed by atoms with Crippen LogP contribution in [0.4, 0.5) is 11.4 Å². The minimum Gasteiger partial charge on any atom is -0.454 e. The van der Waals surface area contributed by atoms with Crippen LogP contribution in [-0.2, 0) is 0 Å². The number of hydrogen-bond donors (Lipinski definition) is 2. The summed E-state index contributed by atoms with van der Waals surface area (Å²) in [6.45, 7) is 1.96. The van der Waals surface area contributed by atoms with E-state index < -0.39 is 0 Å². The third-order valence-electron chi connectivity index (χ3n) is 2.89. The van der Waals surface area contributed by atoms with E-state index in [-0.39, 0.29) is 5.91 Å². The van der Waals surface area contributed by atoms with Gasteiger partial charge in [0.2, 0.25) is 0 Å². The van der Waals surface area contributed by atoms with Crippen LogP contribution < -0.4 is 15.8 Å². The molecule has 3 rings (SSSR count). The zero-order chi connectivity index (χ0) is 12.7. The summed E-state index contributed by atoms with van der Waals surface area (Å²) in [5.41, 5.74) is 8.33. The predicted octanol–water partition coefficient (Wildman–Crippen LogP) is 2.94. The van der Waals surface area contributed by atoms with Crippen molar-refractivity contribution in [2.45, 2.75) is 6.92 Å². The Morgan fingerprint density at radius 2 is 2.00 bits per heavy atom. The van der Waals surface area contributed by atoms with E-state index in [1.807, 2.05) is 25.1 Å². The molecule has 2 aromatic carbocycles. The highest BCUT2D eigenvalue weighted by Gasteiger charge is 2.22. The Kier molecular flexibility index (Phi) is 2.23. The Balaban J connectivity index is 2.19. The van der Waals surface area contributed by atoms with Crippen LogP contribution in [0.1, 0.15) is 15.9 Å². The van der Waals surface area contributed by atoms with Crippen LogP contribution in [0.25, 0.3) is 0 Å². The van der Waals surface area contributed by atoms with Crippen molar-refractivity contribution in [3.63, 3.8) is 0 Å². The molecular weight excluding hydrogens is 228 g/mol. The van der Waals surface area contributed by atoms with Crippen LogP contribution >= 0.6 is 0 Å². The van der Waals surface area contributed by atoms with Crippen molar-refractivity contribution in [3.05, 3.63) is 47.5 Å². The Morgan fingerprint density at radius 3 is 2.83 bits per heavy atom. The van der Waals surface area contributed by atoms with Gasteiger partial charge < -0.3 is 15.8 Å². The fourth-order valence-corrected chi connectivity index (χ4v) is 2.01. The molecule has 1 amide bonds. The fraction of sp³-hybridized carbons (Fsp3) is 0.0714. The predicted molar refractivity (Wildman–Crippen MR) is 70.1 cm³/mol. The maximum atomic E-state index is 12.1. The largest absolute Gasteiger partial charge is 0.454 e. The normalized spacial score (nSPS) is 12.8. The maximum absolute atomic E-state index is 12.1. The first-order chi connectivity index (χ1) is 8.65. The van der Waals surface area contributed by atoms with Crippen LogP contribution in [-0.4, -0.2) is 5.91 Å². The summed E-state index contributed by atoms with van der Waals surface area (Å²) < 4.78 is 5.75. The van der Waals surface area contributed by atoms with E-state index in [1.165, 1.54) is 0 Å². The molecule has 0 atom stereocenters. The number of nitrogens with two attached hydrogens (primary N) is 1. The average Bonchev–Trinajstić information content (AvgIpc) is 2.45. The van der Waals surface area contributed by atoms with Crippen LogP contribution in [0.15, 0.2) is 36.4 Å². The summed E-state index contributed by atoms with van der Waals surface area (Å²) >= 11 is 0. The van der Waals surface area contributed by atoms with Crippen LogP contribution in [0.3, 0.4) is 0 Å². The third kappa shape index (κ3) is 1.59. The minimum atomic E-state index is -0.243. The summed E-state index contributed by atoms with van der Waals surface area (Å²) in [7, 11) is 0. The summed E-state index contributed by atoms with van der Waals surface area (Å²) in [4.78, 5) is 12.1. The van der Waals surface area contributed by atoms with Gasteiger partial charge in [0.05, 0.1) is 5.69 Å². The van der Waals surface area contributed by atoms with Gasteiger partial charge in [-0.25, -0.2) is 0 Å². The Morgan fingerprint density at radius 1 is 1.17 bits per heavy atom. The average molecular weight is 240 g/mol. The number of rotatable bonds is 0. The molecule has 0 aromatic heterocycles. The number of carbonyl (C=O) groups excluding carboxylic acids is 1. The molecule has 1 aliphatic heterocycles. The van der Waals surface area contributed by atoms with Gasteiger partial charge in [-0.1, -0.05) is 12.1 Å². The number of nitrogens with one attached hydrogen (secondary N) is 1. The number of benzene rings is 2. The number of nitrogen functional groups attached to an aromatic ring is 1. The molecule has 4 heteroatoms. The van der Waals surface area contributed by atoms with E-state index in [4.69, 9.17) is 10.5 Å². The molecule has 0 fully saturated rings. The molecule has 1 aliphatic rings. The van der Waals surface area contributed by atoms with Gasteiger partial charge >= 0.3 is 0 Å². The molecule has 0 aliphatic carbocycles. The highest BCUT2D eigenvalue weighted by molar-refractivity contribution is 6.11. The van der Waals surface area contributed by atoms with Gasteiger partial charge in [0.25, 0.3) is 5.91 Å². The van der Waals surface area contributed by atoms with Gasteiger partial charge in [-0.2, -0.15) is 0 Å². The zero-order valence-corrected chi connectivity index (χ0v) is 9.86. The Bertz CT molecular complexity index is 650. The maximum Gasteiger partial charge on any atom is 0.261 e. The number of fused-ring (bicyclic) bond motifs is 2. The summed E-state index contributed by atoms with van der Waals surface area (Å²) in [6.07, 6.45) is 0. The number of hydrogen-bond acceptors (Lipinski definition) is 3. The van der Waals surface area contributed by atoms with Gasteiger partial charge in [-0.3, -0.25) is 4.79 Å². The molecule has 3 N–H and O–H groups in total. The lowest BCUT2D eigenvalue weighted by molar-refractivity contribution is 0.102. The molecule has 0 saturated heterocycles. The summed E-state index contributed by atoms with van der Waals surface area (Å²) in [5.74, 6) is 0.862. The molecule has 1 heterocycles. The van der Waals surface area contributed by atoms with E-state index in [0.29, 0.717) is 28.4 Å². The second-order valence-electron chi connectivity index (χ2n) is 4.28. The van der Waals surface area contributed by atoms with Gasteiger partial charge in [0.1, 0.15) is 11.3 Å². The number of amides is 1. The molecule has 0 bridgehead atoms. The smallest absolute Gasteiger partial charge is 0.261 e. The zero-order valence-electron chi connectivity index (χ0n) is 9.86. The van der Waals surface area contributed by atoms with Gasteiger partial charge in [-0.15, -0.1) is 0 Å². The molecule has 90 valence electrons. The van der Waals surface area contributed by atoms with Crippen molar-refractivity contribution in [3.8, 4) is 11.5 Å². The molecule has 2 aromatic rings. The summed E-state index contributed by atoms with van der Waals surface area (Å²) in [5, 5.41) is 2.82. The molecule has 0 unspecified atom stereocenters. The molecule has 18 heavy (non-hydrogen) atoms. The molecule has 0 radical (unpaired) electrons. The Hall–Kier alpha value is -2.49. The van der Waals surface area contributed by atoms with Crippen molar-refractivity contribution in [2.24, 2.45) is 0 Å². The van der Waals surface area contributed by atoms with Crippen molar-refractivity contribution in [1.29, 1.82) is 0 Å². The van der Waals surface area contributed by atoms with Crippen molar-refractivity contribution in [2.75, 3.05) is 11.1 Å². The lowest BCUT2D eigenvalue weighted by Crippen LogP contribution is -2.12. The second-order valence-corrected chi connectivity index (χ2v) is 4.28. The second kappa shape index (κ2) is 3.77. The highest BCUT2D eigenvalue weighted by Crippen LogP contribution is 2.37. The number of carbonyl (C=O) groups is 1. The quantitative estimate of drug-likeness (QED) is 0.696. The first-order valence-electron chi connectivity index (χ1n) is 5.63. The van der Waals surface area contributed by atoms with Crippen molar-refractivity contribution >= 4 is 17.3 Å². The third-order valence-corrected chi connectivity index (χ3v) is 2.89. The SMILES string of the molecule is Cc1ccc2c(c1)NC(=O)c1c(N)cccc1O2. The minimum absolute atomic E-state index is 0.243. The topological polar surface area (TPSA) is 64.4 Å². The highest BCUT2D eigenvalue weighted by atomic mass is 16.5. The first-order valence-corrected chi connectivity index (χ1v) is 5.63. The van der Waals surface area contributed by atoms with Gasteiger partial charge in [0, 0.05) is 5.69 Å². The van der Waals surface area contributed by atoms with Gasteiger partial charge in [0.15, 0.2) is 5.75 Å². The monoisotopic (exact) mass is 240 g/mol. The van der Waals surface area contributed by atoms with E-state index >= 15 is 0 Å². The molecular formula is C14H12N2O2.